The highest BCUT2D eigenvalue weighted by molar-refractivity contribution is 6.24. The average Bonchev–Trinajstić information content (AvgIpc) is 2.46. The second-order valence-corrected chi connectivity index (χ2v) is 9.18. The Kier molecular flexibility index (Phi) is 13.7. The van der Waals surface area contributed by atoms with Gasteiger partial charge in [-0.15, -0.1) is 11.6 Å². The largest absolute Gasteiger partial charge is 0.324 e. The number of unbranched alkanes of at least 4 members (excludes halogenated alkanes) is 13. The Morgan fingerprint density at radius 3 is 1.22 bits per heavy atom. The summed E-state index contributed by atoms with van der Waals surface area (Å²) in [6.45, 7) is 8.42. The maximum Gasteiger partial charge on any atom is 0.0566 e. The van der Waals surface area contributed by atoms with Crippen LogP contribution in [-0.4, -0.2) is 10.4 Å². The quantitative estimate of drug-likeness (QED) is 0.226. The Labute approximate surface area is 152 Å². The number of halogens is 1. The normalized spacial score (nSPS) is 14.9. The first-order chi connectivity index (χ1) is 10.8. The summed E-state index contributed by atoms with van der Waals surface area (Å²) in [5.74, 6) is 0. The van der Waals surface area contributed by atoms with Crippen LogP contribution in [0.25, 0.3) is 0 Å². The minimum Gasteiger partial charge on any atom is -0.324 e. The molecule has 140 valence electrons. The highest BCUT2D eigenvalue weighted by Crippen LogP contribution is 2.30. The maximum absolute atomic E-state index is 6.36. The van der Waals surface area contributed by atoms with Gasteiger partial charge in [0.25, 0.3) is 0 Å². The van der Waals surface area contributed by atoms with E-state index in [0.717, 1.165) is 6.42 Å². The molecule has 0 spiro atoms. The monoisotopic (exact) mass is 345 g/mol. The van der Waals surface area contributed by atoms with E-state index in [1.54, 1.807) is 0 Å². The van der Waals surface area contributed by atoms with Gasteiger partial charge in [0, 0.05) is 5.54 Å². The molecule has 1 nitrogen and oxygen atoms in total. The summed E-state index contributed by atoms with van der Waals surface area (Å²) >= 11 is 6.36. The van der Waals surface area contributed by atoms with E-state index in [0.29, 0.717) is 0 Å². The van der Waals surface area contributed by atoms with Crippen molar-refractivity contribution in [1.29, 1.82) is 0 Å². The van der Waals surface area contributed by atoms with Gasteiger partial charge in [0.05, 0.1) is 4.87 Å². The number of hydrogen-bond acceptors (Lipinski definition) is 1. The molecule has 0 aromatic rings. The molecule has 0 aromatic carbocycles. The zero-order chi connectivity index (χ0) is 17.6. The lowest BCUT2D eigenvalue weighted by Gasteiger charge is -2.36. The van der Waals surface area contributed by atoms with E-state index in [9.17, 15) is 0 Å². The van der Waals surface area contributed by atoms with Gasteiger partial charge in [-0.1, -0.05) is 96.8 Å². The summed E-state index contributed by atoms with van der Waals surface area (Å²) in [5.41, 5.74) is 6.05. The Morgan fingerprint density at radius 1 is 0.609 bits per heavy atom. The van der Waals surface area contributed by atoms with E-state index < -0.39 is 0 Å². The lowest BCUT2D eigenvalue weighted by atomic mass is 9.83. The van der Waals surface area contributed by atoms with Crippen LogP contribution in [0.4, 0.5) is 0 Å². The Balaban J connectivity index is 3.25. The fourth-order valence-electron chi connectivity index (χ4n) is 2.98. The lowest BCUT2D eigenvalue weighted by molar-refractivity contribution is 0.329. The van der Waals surface area contributed by atoms with Gasteiger partial charge in [0.1, 0.15) is 0 Å². The second kappa shape index (κ2) is 13.5. The van der Waals surface area contributed by atoms with Gasteiger partial charge in [-0.05, 0) is 27.2 Å². The Hall–Kier alpha value is 0.250. The zero-order valence-electron chi connectivity index (χ0n) is 16.6. The van der Waals surface area contributed by atoms with Crippen molar-refractivity contribution in [1.82, 2.24) is 0 Å². The van der Waals surface area contributed by atoms with Crippen LogP contribution >= 0.6 is 11.6 Å². The highest BCUT2D eigenvalue weighted by Gasteiger charge is 2.34. The molecule has 2 heteroatoms. The molecule has 0 aliphatic rings. The molecule has 0 aliphatic carbocycles. The van der Waals surface area contributed by atoms with E-state index in [2.05, 4.69) is 13.8 Å². The van der Waals surface area contributed by atoms with Crippen molar-refractivity contribution in [3.63, 3.8) is 0 Å². The van der Waals surface area contributed by atoms with Gasteiger partial charge >= 0.3 is 0 Å². The molecule has 0 rings (SSSR count). The topological polar surface area (TPSA) is 26.0 Å². The summed E-state index contributed by atoms with van der Waals surface area (Å²) in [6, 6.07) is 0. The molecule has 0 amide bonds. The third-order valence-corrected chi connectivity index (χ3v) is 5.84. The third kappa shape index (κ3) is 13.2. The molecule has 1 atom stereocenters. The molecule has 0 saturated heterocycles. The van der Waals surface area contributed by atoms with Crippen molar-refractivity contribution in [2.24, 2.45) is 5.73 Å². The van der Waals surface area contributed by atoms with Gasteiger partial charge < -0.3 is 5.73 Å². The Bertz CT molecular complexity index is 255. The highest BCUT2D eigenvalue weighted by atomic mass is 35.5. The first-order valence-corrected chi connectivity index (χ1v) is 10.7. The van der Waals surface area contributed by atoms with E-state index in [1.165, 1.54) is 89.9 Å². The molecule has 0 saturated carbocycles. The molecule has 1 unspecified atom stereocenters. The molecule has 23 heavy (non-hydrogen) atoms. The van der Waals surface area contributed by atoms with Gasteiger partial charge in [0.2, 0.25) is 0 Å². The Morgan fingerprint density at radius 2 is 0.913 bits per heavy atom. The summed E-state index contributed by atoms with van der Waals surface area (Å²) in [5, 5.41) is 0. The van der Waals surface area contributed by atoms with E-state index in [-0.39, 0.29) is 10.4 Å². The van der Waals surface area contributed by atoms with Gasteiger partial charge in [0.15, 0.2) is 0 Å². The molecular formula is C21H44ClN. The molecular weight excluding hydrogens is 302 g/mol. The molecule has 0 aliphatic heterocycles. The number of nitrogens with two attached hydrogens (primary N) is 1. The minimum atomic E-state index is -0.316. The van der Waals surface area contributed by atoms with Crippen LogP contribution < -0.4 is 5.73 Å². The van der Waals surface area contributed by atoms with Crippen molar-refractivity contribution >= 4 is 11.6 Å². The fraction of sp³-hybridized carbons (Fsp3) is 1.00. The molecule has 0 bridgehead atoms. The predicted octanol–water partition coefficient (Wildman–Crippen LogP) is 7.59. The first-order valence-electron chi connectivity index (χ1n) is 10.3. The van der Waals surface area contributed by atoms with Crippen LogP contribution in [0, 0.1) is 0 Å². The number of rotatable bonds is 16. The van der Waals surface area contributed by atoms with Gasteiger partial charge in [-0.25, -0.2) is 0 Å². The van der Waals surface area contributed by atoms with Crippen molar-refractivity contribution in [3.05, 3.63) is 0 Å². The van der Waals surface area contributed by atoms with Crippen LogP contribution in [0.3, 0.4) is 0 Å². The number of alkyl halides is 1. The maximum atomic E-state index is 6.36. The second-order valence-electron chi connectivity index (χ2n) is 8.24. The lowest BCUT2D eigenvalue weighted by Crippen LogP contribution is -2.51. The molecule has 0 aromatic heterocycles. The van der Waals surface area contributed by atoms with Crippen molar-refractivity contribution in [2.75, 3.05) is 0 Å². The smallest absolute Gasteiger partial charge is 0.0566 e. The van der Waals surface area contributed by atoms with Crippen LogP contribution in [-0.2, 0) is 0 Å². The van der Waals surface area contributed by atoms with Crippen LogP contribution in [0.2, 0.25) is 0 Å². The predicted molar refractivity (Wildman–Crippen MR) is 107 cm³/mol. The third-order valence-electron chi connectivity index (χ3n) is 5.41. The standard InChI is InChI=1S/C21H44ClN/c1-5-6-7-8-9-10-11-12-13-14-15-16-17-18-19-21(4,23)20(2,3)22/h5-19,23H2,1-4H3. The summed E-state index contributed by atoms with van der Waals surface area (Å²) in [4.78, 5) is -0.316. The molecule has 2 N–H and O–H groups in total. The van der Waals surface area contributed by atoms with Crippen LogP contribution in [0.15, 0.2) is 0 Å². The minimum absolute atomic E-state index is 0.258. The molecule has 0 heterocycles. The van der Waals surface area contributed by atoms with E-state index >= 15 is 0 Å². The van der Waals surface area contributed by atoms with Gasteiger partial charge in [-0.3, -0.25) is 0 Å². The van der Waals surface area contributed by atoms with Crippen molar-refractivity contribution in [2.45, 2.75) is 134 Å². The SMILES string of the molecule is CCCCCCCCCCCCCCCCC(C)(N)C(C)(C)Cl. The van der Waals surface area contributed by atoms with Crippen molar-refractivity contribution in [3.8, 4) is 0 Å². The van der Waals surface area contributed by atoms with Crippen LogP contribution in [0.5, 0.6) is 0 Å². The molecule has 0 fully saturated rings. The summed E-state index contributed by atoms with van der Waals surface area (Å²) in [6.07, 6.45) is 20.6. The summed E-state index contributed by atoms with van der Waals surface area (Å²) < 4.78 is 0. The van der Waals surface area contributed by atoms with E-state index in [1.807, 2.05) is 13.8 Å². The van der Waals surface area contributed by atoms with E-state index in [4.69, 9.17) is 17.3 Å². The van der Waals surface area contributed by atoms with Gasteiger partial charge in [-0.2, -0.15) is 0 Å². The summed E-state index contributed by atoms with van der Waals surface area (Å²) in [7, 11) is 0. The van der Waals surface area contributed by atoms with Crippen LogP contribution in [0.1, 0.15) is 124 Å². The fourth-order valence-corrected chi connectivity index (χ4v) is 3.08. The number of hydrogen-bond donors (Lipinski definition) is 1. The average molecular weight is 346 g/mol. The van der Waals surface area contributed by atoms with Crippen molar-refractivity contribution < 1.29 is 0 Å². The first kappa shape index (κ1) is 23.2. The zero-order valence-corrected chi connectivity index (χ0v) is 17.3. The molecule has 0 radical (unpaired) electrons.